The van der Waals surface area contributed by atoms with Crippen LogP contribution in [0.25, 0.3) is 0 Å². The van der Waals surface area contributed by atoms with Crippen molar-refractivity contribution < 1.29 is 33.2 Å². The molecule has 0 aliphatic heterocycles. The maximum Gasteiger partial charge on any atom is 0.331 e. The Morgan fingerprint density at radius 1 is 0.966 bits per heavy atom. The highest BCUT2D eigenvalue weighted by molar-refractivity contribution is 5.80. The second-order valence-electron chi connectivity index (χ2n) is 6.32. The number of carbonyl (C=O) groups excluding carboxylic acids is 1. The number of aryl methyl sites for hydroxylation is 1. The minimum Gasteiger partial charge on any atom is -0.493 e. The molecule has 1 rings (SSSR count). The first kappa shape index (κ1) is 25.2. The summed E-state index contributed by atoms with van der Waals surface area (Å²) in [6.07, 6.45) is 0. The van der Waals surface area contributed by atoms with E-state index in [0.717, 1.165) is 5.56 Å². The lowest BCUT2D eigenvalue weighted by molar-refractivity contribution is -0.143. The van der Waals surface area contributed by atoms with E-state index >= 15 is 0 Å². The van der Waals surface area contributed by atoms with Gasteiger partial charge in [0.15, 0.2) is 11.5 Å². The smallest absolute Gasteiger partial charge is 0.331 e. The van der Waals surface area contributed by atoms with E-state index in [-0.39, 0.29) is 12.4 Å². The minimum absolute atomic E-state index is 0.174. The summed E-state index contributed by atoms with van der Waals surface area (Å²) in [4.78, 5) is 15.0. The molecule has 0 aliphatic carbocycles. The number of hydrogen-bond donors (Lipinski definition) is 0. The van der Waals surface area contributed by atoms with Crippen molar-refractivity contribution in [2.45, 2.75) is 26.8 Å². The van der Waals surface area contributed by atoms with Crippen molar-refractivity contribution in [3.05, 3.63) is 17.7 Å². The normalized spacial score (nSPS) is 12.1. The zero-order chi connectivity index (χ0) is 21.6. The molecule has 0 aromatic heterocycles. The zero-order valence-electron chi connectivity index (χ0n) is 18.5. The van der Waals surface area contributed by atoms with E-state index in [0.29, 0.717) is 51.0 Å². The number of ether oxygens (including phenoxy) is 6. The van der Waals surface area contributed by atoms with Crippen LogP contribution in [0.1, 0.15) is 19.4 Å². The molecule has 1 aromatic rings. The molecule has 8 nitrogen and oxygen atoms in total. The third kappa shape index (κ3) is 8.18. The molecule has 0 saturated heterocycles. The third-order valence-electron chi connectivity index (χ3n) is 4.30. The van der Waals surface area contributed by atoms with Gasteiger partial charge in [-0.1, -0.05) is 0 Å². The van der Waals surface area contributed by atoms with Gasteiger partial charge in [0.1, 0.15) is 6.04 Å². The number of methoxy groups -OCH3 is 3. The summed E-state index contributed by atoms with van der Waals surface area (Å²) >= 11 is 0. The van der Waals surface area contributed by atoms with Crippen LogP contribution in [0.5, 0.6) is 17.2 Å². The fraction of sp³-hybridized carbons (Fsp3) is 0.667. The molecule has 166 valence electrons. The van der Waals surface area contributed by atoms with E-state index in [2.05, 4.69) is 0 Å². The van der Waals surface area contributed by atoms with Crippen LogP contribution in [-0.2, 0) is 19.0 Å². The van der Waals surface area contributed by atoms with Gasteiger partial charge in [0.2, 0.25) is 5.75 Å². The van der Waals surface area contributed by atoms with E-state index < -0.39 is 12.0 Å². The molecule has 1 atom stereocenters. The van der Waals surface area contributed by atoms with Gasteiger partial charge in [-0.05, 0) is 38.5 Å². The largest absolute Gasteiger partial charge is 0.493 e. The first-order valence-electron chi connectivity index (χ1n) is 9.85. The molecule has 0 amide bonds. The Kier molecular flexibility index (Phi) is 12.3. The summed E-state index contributed by atoms with van der Waals surface area (Å²) in [7, 11) is 4.60. The summed E-state index contributed by atoms with van der Waals surface area (Å²) in [6, 6.07) is 2.95. The van der Waals surface area contributed by atoms with Crippen LogP contribution in [-0.4, -0.2) is 84.4 Å². The van der Waals surface area contributed by atoms with Crippen LogP contribution in [0.2, 0.25) is 0 Å². The summed E-state index contributed by atoms with van der Waals surface area (Å²) in [6.45, 7) is 9.25. The third-order valence-corrected chi connectivity index (χ3v) is 4.30. The lowest BCUT2D eigenvalue weighted by atomic mass is 10.2. The summed E-state index contributed by atoms with van der Waals surface area (Å²) in [5.41, 5.74) is 0.932. The highest BCUT2D eigenvalue weighted by atomic mass is 16.6. The average Bonchev–Trinajstić information content (AvgIpc) is 2.72. The molecule has 29 heavy (non-hydrogen) atoms. The molecule has 0 radical (unpaired) electrons. The fourth-order valence-corrected chi connectivity index (χ4v) is 2.84. The van der Waals surface area contributed by atoms with Crippen LogP contribution in [0.4, 0.5) is 0 Å². The Labute approximate surface area is 174 Å². The highest BCUT2D eigenvalue weighted by Crippen LogP contribution is 2.38. The maximum atomic E-state index is 13.1. The van der Waals surface area contributed by atoms with Gasteiger partial charge in [0, 0.05) is 33.4 Å². The molecular formula is C21H35NO7. The van der Waals surface area contributed by atoms with Gasteiger partial charge in [-0.2, -0.15) is 0 Å². The predicted octanol–water partition coefficient (Wildman–Crippen LogP) is 2.31. The second-order valence-corrected chi connectivity index (χ2v) is 6.32. The van der Waals surface area contributed by atoms with Gasteiger partial charge in [-0.3, -0.25) is 4.90 Å². The number of carbonyl (C=O) groups is 1. The Bertz CT molecular complexity index is 574. The summed E-state index contributed by atoms with van der Waals surface area (Å²) in [5, 5.41) is 0. The average molecular weight is 414 g/mol. The van der Waals surface area contributed by atoms with Crippen molar-refractivity contribution in [1.29, 1.82) is 0 Å². The van der Waals surface area contributed by atoms with Gasteiger partial charge in [0.25, 0.3) is 0 Å². The van der Waals surface area contributed by atoms with Crippen molar-refractivity contribution in [3.63, 3.8) is 0 Å². The molecule has 1 unspecified atom stereocenters. The van der Waals surface area contributed by atoms with Crippen LogP contribution in [0, 0.1) is 6.92 Å². The van der Waals surface area contributed by atoms with E-state index in [1.165, 1.54) is 14.2 Å². The molecular weight excluding hydrogens is 378 g/mol. The minimum atomic E-state index is -0.628. The van der Waals surface area contributed by atoms with E-state index in [1.807, 2.05) is 25.7 Å². The molecule has 0 spiro atoms. The monoisotopic (exact) mass is 413 g/mol. The Morgan fingerprint density at radius 3 is 1.90 bits per heavy atom. The molecule has 0 N–H and O–H groups in total. The fourth-order valence-electron chi connectivity index (χ4n) is 2.84. The molecule has 1 aromatic carbocycles. The molecule has 0 fully saturated rings. The number of benzene rings is 1. The van der Waals surface area contributed by atoms with Crippen molar-refractivity contribution in [2.24, 2.45) is 0 Å². The van der Waals surface area contributed by atoms with Gasteiger partial charge in [0.05, 0.1) is 34.0 Å². The zero-order valence-corrected chi connectivity index (χ0v) is 18.5. The van der Waals surface area contributed by atoms with Crippen molar-refractivity contribution in [1.82, 2.24) is 4.90 Å². The Balaban J connectivity index is 3.06. The van der Waals surface area contributed by atoms with Crippen LogP contribution < -0.4 is 14.2 Å². The van der Waals surface area contributed by atoms with Gasteiger partial charge in [-0.25, -0.2) is 4.79 Å². The van der Waals surface area contributed by atoms with Gasteiger partial charge < -0.3 is 28.4 Å². The Morgan fingerprint density at radius 2 is 1.48 bits per heavy atom. The quantitative estimate of drug-likeness (QED) is 0.246. The summed E-state index contributed by atoms with van der Waals surface area (Å²) < 4.78 is 32.7. The van der Waals surface area contributed by atoms with Gasteiger partial charge in [-0.15, -0.1) is 0 Å². The Hall–Kier alpha value is -1.87. The van der Waals surface area contributed by atoms with Crippen LogP contribution in [0.3, 0.4) is 0 Å². The first-order valence-corrected chi connectivity index (χ1v) is 9.85. The first-order chi connectivity index (χ1) is 14.0. The standard InChI is InChI=1S/C21H35NO7/c1-7-27-11-9-22(10-12-28-8-2)17(15-24-4)21(23)29-20-18(25-5)13-16(3)14-19(20)26-6/h13-14,17H,7-12,15H2,1-6H3. The topological polar surface area (TPSA) is 75.7 Å². The van der Waals surface area contributed by atoms with E-state index in [1.54, 1.807) is 19.2 Å². The van der Waals surface area contributed by atoms with Crippen molar-refractivity contribution in [2.75, 3.05) is 67.5 Å². The second kappa shape index (κ2) is 14.2. The molecule has 0 saturated carbocycles. The molecule has 0 aliphatic rings. The highest BCUT2D eigenvalue weighted by Gasteiger charge is 2.29. The maximum absolute atomic E-state index is 13.1. The summed E-state index contributed by atoms with van der Waals surface area (Å²) in [5.74, 6) is 0.657. The van der Waals surface area contributed by atoms with Crippen LogP contribution in [0.15, 0.2) is 12.1 Å². The number of esters is 1. The van der Waals surface area contributed by atoms with Crippen LogP contribution >= 0.6 is 0 Å². The molecule has 8 heteroatoms. The molecule has 0 bridgehead atoms. The number of nitrogens with zero attached hydrogens (tertiary/aromatic N) is 1. The lowest BCUT2D eigenvalue weighted by Gasteiger charge is -2.29. The number of rotatable bonds is 15. The van der Waals surface area contributed by atoms with Crippen molar-refractivity contribution in [3.8, 4) is 17.2 Å². The SMILES string of the molecule is CCOCCN(CCOCC)C(COC)C(=O)Oc1c(OC)cc(C)cc1OC. The van der Waals surface area contributed by atoms with E-state index in [4.69, 9.17) is 28.4 Å². The van der Waals surface area contributed by atoms with E-state index in [9.17, 15) is 4.79 Å². The van der Waals surface area contributed by atoms with Crippen molar-refractivity contribution >= 4 is 5.97 Å². The lowest BCUT2D eigenvalue weighted by Crippen LogP contribution is -2.49. The predicted molar refractivity (Wildman–Crippen MR) is 110 cm³/mol. The molecule has 0 heterocycles. The van der Waals surface area contributed by atoms with Gasteiger partial charge >= 0.3 is 5.97 Å². The number of hydrogen-bond acceptors (Lipinski definition) is 8.